The molecule has 2 rings (SSSR count). The predicted octanol–water partition coefficient (Wildman–Crippen LogP) is 1.52. The first-order valence-corrected chi connectivity index (χ1v) is 5.85. The van der Waals surface area contributed by atoms with Gasteiger partial charge in [-0.1, -0.05) is 36.9 Å². The lowest BCUT2D eigenvalue weighted by Crippen LogP contribution is -2.58. The summed E-state index contributed by atoms with van der Waals surface area (Å²) in [5, 5.41) is 0. The summed E-state index contributed by atoms with van der Waals surface area (Å²) >= 11 is 0. The SMILES string of the molecule is C=C1C(=O)N(Cc2ccccc2)C1C(=O)OCC. The third-order valence-electron chi connectivity index (χ3n) is 2.88. The molecule has 18 heavy (non-hydrogen) atoms. The lowest BCUT2D eigenvalue weighted by Gasteiger charge is -2.40. The van der Waals surface area contributed by atoms with E-state index in [-0.39, 0.29) is 5.91 Å². The third kappa shape index (κ3) is 2.14. The number of hydrogen-bond acceptors (Lipinski definition) is 3. The van der Waals surface area contributed by atoms with Crippen molar-refractivity contribution in [3.05, 3.63) is 48.0 Å². The van der Waals surface area contributed by atoms with Crippen LogP contribution in [-0.4, -0.2) is 29.4 Å². The Labute approximate surface area is 106 Å². The zero-order valence-corrected chi connectivity index (χ0v) is 10.3. The maximum Gasteiger partial charge on any atom is 0.333 e. The molecule has 94 valence electrons. The number of β-lactam (4-membered cyclic amide) rings is 1. The summed E-state index contributed by atoms with van der Waals surface area (Å²) < 4.78 is 4.94. The van der Waals surface area contributed by atoms with E-state index in [4.69, 9.17) is 4.74 Å². The van der Waals surface area contributed by atoms with E-state index in [9.17, 15) is 9.59 Å². The molecular formula is C14H15NO3. The second-order valence-electron chi connectivity index (χ2n) is 4.10. The molecule has 1 saturated heterocycles. The maximum atomic E-state index is 11.7. The standard InChI is InChI=1S/C14H15NO3/c1-3-18-14(17)12-10(2)13(16)15(12)9-11-7-5-4-6-8-11/h4-8,12H,2-3,9H2,1H3. The van der Waals surface area contributed by atoms with Crippen LogP contribution in [0.25, 0.3) is 0 Å². The van der Waals surface area contributed by atoms with Crippen molar-refractivity contribution in [2.24, 2.45) is 0 Å². The molecule has 0 aromatic heterocycles. The van der Waals surface area contributed by atoms with Crippen molar-refractivity contribution in [2.45, 2.75) is 19.5 Å². The average molecular weight is 245 g/mol. The lowest BCUT2D eigenvalue weighted by molar-refractivity contribution is -0.159. The van der Waals surface area contributed by atoms with Crippen LogP contribution < -0.4 is 0 Å². The van der Waals surface area contributed by atoms with Crippen molar-refractivity contribution >= 4 is 11.9 Å². The Hall–Kier alpha value is -2.10. The van der Waals surface area contributed by atoms with Gasteiger partial charge in [-0.3, -0.25) is 4.79 Å². The molecule has 1 fully saturated rings. The maximum absolute atomic E-state index is 11.7. The molecular weight excluding hydrogens is 230 g/mol. The first-order chi connectivity index (χ1) is 8.65. The predicted molar refractivity (Wildman–Crippen MR) is 66.6 cm³/mol. The van der Waals surface area contributed by atoms with Crippen LogP contribution in [-0.2, 0) is 20.9 Å². The van der Waals surface area contributed by atoms with Crippen LogP contribution >= 0.6 is 0 Å². The van der Waals surface area contributed by atoms with E-state index in [2.05, 4.69) is 6.58 Å². The first kappa shape index (κ1) is 12.4. The molecule has 0 aliphatic carbocycles. The van der Waals surface area contributed by atoms with Crippen molar-refractivity contribution in [1.82, 2.24) is 4.90 Å². The van der Waals surface area contributed by atoms with E-state index in [0.717, 1.165) is 5.56 Å². The Bertz CT molecular complexity index is 481. The molecule has 0 saturated carbocycles. The number of nitrogens with zero attached hydrogens (tertiary/aromatic N) is 1. The Kier molecular flexibility index (Phi) is 3.46. The third-order valence-corrected chi connectivity index (χ3v) is 2.88. The van der Waals surface area contributed by atoms with E-state index in [1.54, 1.807) is 6.92 Å². The molecule has 0 radical (unpaired) electrons. The molecule has 1 aromatic carbocycles. The van der Waals surface area contributed by atoms with Crippen LogP contribution in [0, 0.1) is 0 Å². The highest BCUT2D eigenvalue weighted by molar-refractivity contribution is 6.09. The quantitative estimate of drug-likeness (QED) is 0.459. The van der Waals surface area contributed by atoms with Gasteiger partial charge in [-0.15, -0.1) is 0 Å². The number of likely N-dealkylation sites (tertiary alicyclic amines) is 1. The van der Waals surface area contributed by atoms with Crippen LogP contribution in [0.15, 0.2) is 42.5 Å². The smallest absolute Gasteiger partial charge is 0.333 e. The Morgan fingerprint density at radius 1 is 1.39 bits per heavy atom. The minimum absolute atomic E-state index is 0.183. The molecule has 1 aromatic rings. The van der Waals surface area contributed by atoms with Crippen LogP contribution in [0.4, 0.5) is 0 Å². The fraction of sp³-hybridized carbons (Fsp3) is 0.286. The summed E-state index contributed by atoms with van der Waals surface area (Å²) in [6, 6.07) is 8.90. The van der Waals surface area contributed by atoms with Crippen molar-refractivity contribution in [2.75, 3.05) is 6.61 Å². The summed E-state index contributed by atoms with van der Waals surface area (Å²) in [5.41, 5.74) is 1.29. The summed E-state index contributed by atoms with van der Waals surface area (Å²) in [6.45, 7) is 6.07. The summed E-state index contributed by atoms with van der Waals surface area (Å²) in [6.07, 6.45) is 0. The van der Waals surface area contributed by atoms with Crippen molar-refractivity contribution in [3.63, 3.8) is 0 Å². The second-order valence-corrected chi connectivity index (χ2v) is 4.10. The summed E-state index contributed by atoms with van der Waals surface area (Å²) in [5.74, 6) is -0.588. The van der Waals surface area contributed by atoms with Gasteiger partial charge in [0.1, 0.15) is 0 Å². The minimum atomic E-state index is -0.627. The molecule has 1 amide bonds. The lowest BCUT2D eigenvalue weighted by atomic mass is 9.95. The van der Waals surface area contributed by atoms with Gasteiger partial charge in [-0.05, 0) is 12.5 Å². The molecule has 1 atom stereocenters. The largest absolute Gasteiger partial charge is 0.464 e. The van der Waals surface area contributed by atoms with Gasteiger partial charge in [0.15, 0.2) is 6.04 Å². The number of carbonyl (C=O) groups is 2. The van der Waals surface area contributed by atoms with Crippen LogP contribution in [0.1, 0.15) is 12.5 Å². The van der Waals surface area contributed by atoms with Gasteiger partial charge < -0.3 is 9.64 Å². The van der Waals surface area contributed by atoms with E-state index in [0.29, 0.717) is 18.7 Å². The number of ether oxygens (including phenoxy) is 1. The second kappa shape index (κ2) is 5.04. The van der Waals surface area contributed by atoms with E-state index < -0.39 is 12.0 Å². The molecule has 4 nitrogen and oxygen atoms in total. The zero-order chi connectivity index (χ0) is 13.1. The van der Waals surface area contributed by atoms with Crippen molar-refractivity contribution in [3.8, 4) is 0 Å². The van der Waals surface area contributed by atoms with E-state index >= 15 is 0 Å². The average Bonchev–Trinajstić information content (AvgIpc) is 2.39. The molecule has 1 unspecified atom stereocenters. The van der Waals surface area contributed by atoms with E-state index in [1.165, 1.54) is 4.90 Å². The Balaban J connectivity index is 2.09. The van der Waals surface area contributed by atoms with Gasteiger partial charge in [-0.25, -0.2) is 4.79 Å². The zero-order valence-electron chi connectivity index (χ0n) is 10.3. The monoisotopic (exact) mass is 245 g/mol. The first-order valence-electron chi connectivity index (χ1n) is 5.85. The molecule has 0 bridgehead atoms. The minimum Gasteiger partial charge on any atom is -0.464 e. The summed E-state index contributed by atoms with van der Waals surface area (Å²) in [7, 11) is 0. The van der Waals surface area contributed by atoms with Crippen LogP contribution in [0.2, 0.25) is 0 Å². The highest BCUT2D eigenvalue weighted by atomic mass is 16.5. The highest BCUT2D eigenvalue weighted by Gasteiger charge is 2.46. The van der Waals surface area contributed by atoms with Gasteiger partial charge >= 0.3 is 5.97 Å². The van der Waals surface area contributed by atoms with Crippen LogP contribution in [0.3, 0.4) is 0 Å². The van der Waals surface area contributed by atoms with Gasteiger partial charge in [0, 0.05) is 12.1 Å². The number of carbonyl (C=O) groups excluding carboxylic acids is 2. The number of hydrogen-bond donors (Lipinski definition) is 0. The number of esters is 1. The van der Waals surface area contributed by atoms with Gasteiger partial charge in [-0.2, -0.15) is 0 Å². The van der Waals surface area contributed by atoms with Crippen molar-refractivity contribution in [1.29, 1.82) is 0 Å². The van der Waals surface area contributed by atoms with Gasteiger partial charge in [0.25, 0.3) is 5.91 Å². The molecule has 1 heterocycles. The molecule has 1 aliphatic heterocycles. The molecule has 0 N–H and O–H groups in total. The molecule has 1 aliphatic rings. The number of amides is 1. The molecule has 0 spiro atoms. The molecule has 4 heteroatoms. The Morgan fingerprint density at radius 2 is 2.06 bits per heavy atom. The fourth-order valence-electron chi connectivity index (χ4n) is 1.97. The van der Waals surface area contributed by atoms with Gasteiger partial charge in [0.05, 0.1) is 6.61 Å². The number of benzene rings is 1. The highest BCUT2D eigenvalue weighted by Crippen LogP contribution is 2.27. The van der Waals surface area contributed by atoms with Crippen LogP contribution in [0.5, 0.6) is 0 Å². The summed E-state index contributed by atoms with van der Waals surface area (Å²) in [4.78, 5) is 24.9. The fourth-order valence-corrected chi connectivity index (χ4v) is 1.97. The number of rotatable bonds is 4. The van der Waals surface area contributed by atoms with Gasteiger partial charge in [0.2, 0.25) is 0 Å². The van der Waals surface area contributed by atoms with Crippen molar-refractivity contribution < 1.29 is 14.3 Å². The topological polar surface area (TPSA) is 46.6 Å². The van der Waals surface area contributed by atoms with E-state index in [1.807, 2.05) is 30.3 Å². The Morgan fingerprint density at radius 3 is 2.67 bits per heavy atom. The normalized spacial score (nSPS) is 18.5.